The third-order valence-corrected chi connectivity index (χ3v) is 5.25. The predicted octanol–water partition coefficient (Wildman–Crippen LogP) is 0.237. The molecule has 1 aliphatic rings. The normalized spacial score (nSPS) is 24.7. The van der Waals surface area contributed by atoms with Crippen molar-refractivity contribution in [3.63, 3.8) is 0 Å². The zero-order chi connectivity index (χ0) is 19.8. The van der Waals surface area contributed by atoms with Gasteiger partial charge in [-0.15, -0.1) is 0 Å². The molecular weight excluding hydrogens is 479 g/mol. The smallest absolute Gasteiger partial charge is 0.224 e. The highest BCUT2D eigenvalue weighted by molar-refractivity contribution is 14.1. The molecule has 148 valence electrons. The Bertz CT molecular complexity index is 999. The minimum atomic E-state index is -1.24. The molecule has 1 aliphatic heterocycles. The van der Waals surface area contributed by atoms with Gasteiger partial charge in [-0.3, -0.25) is 4.57 Å². The third-order valence-electron chi connectivity index (χ3n) is 4.58. The van der Waals surface area contributed by atoms with Crippen molar-refractivity contribution in [1.82, 2.24) is 19.5 Å². The van der Waals surface area contributed by atoms with E-state index >= 15 is 0 Å². The number of nitrogen functional groups attached to an aromatic ring is 1. The second-order valence-corrected chi connectivity index (χ2v) is 7.71. The first-order valence-electron chi connectivity index (χ1n) is 8.58. The van der Waals surface area contributed by atoms with Crippen LogP contribution in [0.4, 0.5) is 11.8 Å². The molecule has 11 heteroatoms. The summed E-state index contributed by atoms with van der Waals surface area (Å²) in [6, 6.07) is 8.02. The van der Waals surface area contributed by atoms with E-state index in [0.29, 0.717) is 23.5 Å². The molecule has 1 fully saturated rings. The lowest BCUT2D eigenvalue weighted by molar-refractivity contribution is -0.0511. The van der Waals surface area contributed by atoms with Crippen molar-refractivity contribution in [3.05, 3.63) is 39.7 Å². The summed E-state index contributed by atoms with van der Waals surface area (Å²) in [6.45, 7) is 0.101. The van der Waals surface area contributed by atoms with E-state index in [2.05, 4.69) is 42.9 Å². The first kappa shape index (κ1) is 19.3. The Labute approximate surface area is 173 Å². The van der Waals surface area contributed by atoms with Crippen molar-refractivity contribution >= 4 is 45.5 Å². The summed E-state index contributed by atoms with van der Waals surface area (Å²) >= 11 is 2.25. The van der Waals surface area contributed by atoms with Gasteiger partial charge in [0.05, 0.1) is 12.9 Å². The number of benzene rings is 1. The Hall–Kier alpha value is -2.06. The highest BCUT2D eigenvalue weighted by atomic mass is 127. The van der Waals surface area contributed by atoms with E-state index in [9.17, 15) is 15.3 Å². The number of hydrogen-bond acceptors (Lipinski definition) is 9. The number of aromatic nitrogens is 4. The van der Waals surface area contributed by atoms with Crippen LogP contribution in [0.2, 0.25) is 0 Å². The van der Waals surface area contributed by atoms with Gasteiger partial charge < -0.3 is 31.1 Å². The van der Waals surface area contributed by atoms with Crippen molar-refractivity contribution < 1.29 is 20.1 Å². The maximum absolute atomic E-state index is 10.3. The van der Waals surface area contributed by atoms with E-state index in [1.807, 2.05) is 24.3 Å². The molecule has 4 rings (SSSR count). The van der Waals surface area contributed by atoms with Crippen LogP contribution in [0.5, 0.6) is 0 Å². The number of rotatable bonds is 5. The fraction of sp³-hybridized carbons (Fsp3) is 0.353. The molecule has 2 aromatic heterocycles. The van der Waals surface area contributed by atoms with Crippen molar-refractivity contribution in [2.24, 2.45) is 0 Å². The average Bonchev–Trinajstić information content (AvgIpc) is 3.21. The van der Waals surface area contributed by atoms with Gasteiger partial charge in [0.2, 0.25) is 5.95 Å². The van der Waals surface area contributed by atoms with E-state index in [1.54, 1.807) is 0 Å². The molecule has 1 aromatic carbocycles. The van der Waals surface area contributed by atoms with Gasteiger partial charge in [0.1, 0.15) is 18.3 Å². The molecule has 1 saturated heterocycles. The molecule has 0 amide bonds. The van der Waals surface area contributed by atoms with Crippen molar-refractivity contribution in [3.8, 4) is 0 Å². The molecule has 0 bridgehead atoms. The van der Waals surface area contributed by atoms with Gasteiger partial charge in [-0.2, -0.15) is 9.97 Å². The Morgan fingerprint density at radius 1 is 1.25 bits per heavy atom. The molecule has 0 aliphatic carbocycles. The van der Waals surface area contributed by atoms with Gasteiger partial charge in [-0.25, -0.2) is 4.98 Å². The number of anilines is 2. The zero-order valence-corrected chi connectivity index (χ0v) is 16.8. The number of ether oxygens (including phenoxy) is 1. The van der Waals surface area contributed by atoms with Crippen LogP contribution in [-0.4, -0.2) is 59.8 Å². The van der Waals surface area contributed by atoms with E-state index in [1.165, 1.54) is 10.9 Å². The van der Waals surface area contributed by atoms with Gasteiger partial charge in [-0.1, -0.05) is 12.1 Å². The number of aliphatic hydroxyl groups is 3. The van der Waals surface area contributed by atoms with Crippen LogP contribution >= 0.6 is 22.6 Å². The molecule has 6 N–H and O–H groups in total. The van der Waals surface area contributed by atoms with Crippen LogP contribution in [0.25, 0.3) is 11.2 Å². The summed E-state index contributed by atoms with van der Waals surface area (Å²) < 4.78 is 8.16. The topological polar surface area (TPSA) is 152 Å². The highest BCUT2D eigenvalue weighted by Gasteiger charge is 2.44. The largest absolute Gasteiger partial charge is 0.394 e. The standard InChI is InChI=1S/C17H19IN6O4/c18-9-3-1-2-8(4-9)5-20-14-11-15(23-17(19)22-14)24(7-21-11)16-13(27)12(26)10(6-25)28-16/h1-4,7,10,12-13,16,25-27H,5-6H2,(H3,19,20,22,23)/t10-,12?,13?,16-/m1/s1. The van der Waals surface area contributed by atoms with E-state index < -0.39 is 31.1 Å². The first-order chi connectivity index (χ1) is 13.5. The molecule has 4 atom stereocenters. The minimum absolute atomic E-state index is 0.0335. The monoisotopic (exact) mass is 498 g/mol. The number of nitrogens with zero attached hydrogens (tertiary/aromatic N) is 4. The summed E-state index contributed by atoms with van der Waals surface area (Å²) in [6.07, 6.45) is -2.86. The first-order valence-corrected chi connectivity index (χ1v) is 9.66. The van der Waals surface area contributed by atoms with Crippen LogP contribution in [0.1, 0.15) is 11.8 Å². The second kappa shape index (κ2) is 7.75. The summed E-state index contributed by atoms with van der Waals surface area (Å²) in [4.78, 5) is 12.8. The van der Waals surface area contributed by atoms with E-state index in [-0.39, 0.29) is 5.95 Å². The summed E-state index contributed by atoms with van der Waals surface area (Å²) in [5.41, 5.74) is 7.74. The zero-order valence-electron chi connectivity index (χ0n) is 14.6. The number of halogens is 1. The quantitative estimate of drug-likeness (QED) is 0.312. The van der Waals surface area contributed by atoms with E-state index in [0.717, 1.165) is 9.13 Å². The van der Waals surface area contributed by atoms with Gasteiger partial charge in [0.25, 0.3) is 0 Å². The highest BCUT2D eigenvalue weighted by Crippen LogP contribution is 2.32. The molecule has 0 radical (unpaired) electrons. The van der Waals surface area contributed by atoms with Crippen LogP contribution in [0.3, 0.4) is 0 Å². The average molecular weight is 498 g/mol. The number of fused-ring (bicyclic) bond motifs is 1. The molecule has 10 nitrogen and oxygen atoms in total. The molecule has 0 spiro atoms. The molecule has 0 saturated carbocycles. The van der Waals surface area contributed by atoms with Crippen LogP contribution < -0.4 is 11.1 Å². The van der Waals surface area contributed by atoms with Crippen LogP contribution in [0, 0.1) is 3.57 Å². The lowest BCUT2D eigenvalue weighted by Crippen LogP contribution is -2.33. The second-order valence-electron chi connectivity index (χ2n) is 6.47. The molecule has 3 heterocycles. The number of hydrogen-bond donors (Lipinski definition) is 5. The van der Waals surface area contributed by atoms with Crippen LogP contribution in [0.15, 0.2) is 30.6 Å². The van der Waals surface area contributed by atoms with Crippen molar-refractivity contribution in [2.45, 2.75) is 31.1 Å². The molecule has 3 aromatic rings. The Balaban J connectivity index is 1.65. The van der Waals surface area contributed by atoms with E-state index in [4.69, 9.17) is 10.5 Å². The van der Waals surface area contributed by atoms with Crippen LogP contribution in [-0.2, 0) is 11.3 Å². The summed E-state index contributed by atoms with van der Waals surface area (Å²) in [5.74, 6) is 0.484. The van der Waals surface area contributed by atoms with Gasteiger partial charge >= 0.3 is 0 Å². The number of aliphatic hydroxyl groups excluding tert-OH is 3. The predicted molar refractivity (Wildman–Crippen MR) is 109 cm³/mol. The Kier molecular flexibility index (Phi) is 5.33. The summed E-state index contributed by atoms with van der Waals surface area (Å²) in [5, 5.41) is 32.8. The van der Waals surface area contributed by atoms with Gasteiger partial charge in [-0.05, 0) is 40.3 Å². The number of imidazole rings is 1. The number of nitrogens with one attached hydrogen (secondary N) is 1. The number of nitrogens with two attached hydrogens (primary N) is 1. The Morgan fingerprint density at radius 2 is 2.07 bits per heavy atom. The lowest BCUT2D eigenvalue weighted by Gasteiger charge is -2.16. The molecule has 2 unspecified atom stereocenters. The maximum Gasteiger partial charge on any atom is 0.224 e. The third kappa shape index (κ3) is 3.51. The summed E-state index contributed by atoms with van der Waals surface area (Å²) in [7, 11) is 0. The fourth-order valence-corrected chi connectivity index (χ4v) is 3.79. The van der Waals surface area contributed by atoms with Crippen molar-refractivity contribution in [1.29, 1.82) is 0 Å². The van der Waals surface area contributed by atoms with Gasteiger partial charge in [0, 0.05) is 10.1 Å². The Morgan fingerprint density at radius 3 is 2.79 bits per heavy atom. The molecular formula is C17H19IN6O4. The van der Waals surface area contributed by atoms with Gasteiger partial charge in [0.15, 0.2) is 23.2 Å². The maximum atomic E-state index is 10.3. The fourth-order valence-electron chi connectivity index (χ4n) is 3.19. The SMILES string of the molecule is Nc1nc(NCc2cccc(I)c2)c2ncn([C@@H]3O[C@H](CO)C(O)C3O)c2n1. The molecule has 28 heavy (non-hydrogen) atoms. The lowest BCUT2D eigenvalue weighted by atomic mass is 10.1. The minimum Gasteiger partial charge on any atom is -0.394 e. The van der Waals surface area contributed by atoms with Crippen molar-refractivity contribution in [2.75, 3.05) is 17.7 Å².